The first-order valence-electron chi connectivity index (χ1n) is 10.3. The molecule has 2 heterocycles. The van der Waals surface area contributed by atoms with Crippen LogP contribution in [0.1, 0.15) is 38.7 Å². The Morgan fingerprint density at radius 1 is 1.17 bits per heavy atom. The summed E-state index contributed by atoms with van der Waals surface area (Å²) in [6.45, 7) is 9.15. The summed E-state index contributed by atoms with van der Waals surface area (Å²) in [4.78, 5) is 31.1. The molecule has 0 radical (unpaired) electrons. The predicted molar refractivity (Wildman–Crippen MR) is 115 cm³/mol. The number of nitrogens with zero attached hydrogens (tertiary/aromatic N) is 2. The zero-order valence-electron chi connectivity index (χ0n) is 17.5. The van der Waals surface area contributed by atoms with Gasteiger partial charge in [0.15, 0.2) is 0 Å². The van der Waals surface area contributed by atoms with E-state index in [2.05, 4.69) is 28.5 Å². The molecule has 29 heavy (non-hydrogen) atoms. The summed E-state index contributed by atoms with van der Waals surface area (Å²) in [7, 11) is 0. The summed E-state index contributed by atoms with van der Waals surface area (Å²) in [5.41, 5.74) is 2.73. The van der Waals surface area contributed by atoms with Crippen molar-refractivity contribution in [1.29, 1.82) is 0 Å². The lowest BCUT2D eigenvalue weighted by Gasteiger charge is -2.28. The van der Waals surface area contributed by atoms with Gasteiger partial charge in [0.2, 0.25) is 11.8 Å². The van der Waals surface area contributed by atoms with Gasteiger partial charge in [0.25, 0.3) is 0 Å². The number of morpholine rings is 1. The molecule has 1 saturated heterocycles. The molecule has 1 atom stereocenters. The topological polar surface area (TPSA) is 83.6 Å². The van der Waals surface area contributed by atoms with Crippen LogP contribution in [0.3, 0.4) is 0 Å². The lowest BCUT2D eigenvalue weighted by Crippen LogP contribution is -2.36. The number of benzene rings is 1. The second-order valence-corrected chi connectivity index (χ2v) is 7.55. The van der Waals surface area contributed by atoms with E-state index in [4.69, 9.17) is 9.72 Å². The zero-order chi connectivity index (χ0) is 20.8. The minimum absolute atomic E-state index is 0.0938. The molecule has 1 aromatic heterocycles. The summed E-state index contributed by atoms with van der Waals surface area (Å²) >= 11 is 0. The maximum Gasteiger partial charge on any atom is 0.224 e. The molecular formula is C22H30N4O3. The number of hydrogen-bond acceptors (Lipinski definition) is 5. The standard InChI is InChI=1S/C22H30N4O3/c1-4-16(3)23-21(27)7-8-22(28)24-17-5-6-19-18(14-17)15(2)13-20(25-19)26-9-11-29-12-10-26/h5-6,13-14,16H,4,7-12H2,1-3H3,(H,23,27)(H,24,28)/t16-/m0/s1. The molecule has 0 spiro atoms. The van der Waals surface area contributed by atoms with Gasteiger partial charge in [-0.15, -0.1) is 0 Å². The first kappa shape index (κ1) is 21.0. The minimum atomic E-state index is -0.167. The molecule has 2 amide bonds. The van der Waals surface area contributed by atoms with E-state index in [1.807, 2.05) is 32.0 Å². The van der Waals surface area contributed by atoms with Crippen molar-refractivity contribution in [1.82, 2.24) is 10.3 Å². The third-order valence-corrected chi connectivity index (χ3v) is 5.22. The number of aromatic nitrogens is 1. The van der Waals surface area contributed by atoms with Crippen molar-refractivity contribution in [3.8, 4) is 0 Å². The molecule has 0 saturated carbocycles. The zero-order valence-corrected chi connectivity index (χ0v) is 17.5. The van der Waals surface area contributed by atoms with E-state index in [0.29, 0.717) is 5.69 Å². The van der Waals surface area contributed by atoms with Crippen LogP contribution in [0.4, 0.5) is 11.5 Å². The number of hydrogen-bond donors (Lipinski definition) is 2. The van der Waals surface area contributed by atoms with Crippen molar-refractivity contribution in [2.45, 2.75) is 46.1 Å². The Kier molecular flexibility index (Phi) is 7.04. The van der Waals surface area contributed by atoms with E-state index in [1.54, 1.807) is 0 Å². The summed E-state index contributed by atoms with van der Waals surface area (Å²) in [5, 5.41) is 6.77. The molecule has 156 valence electrons. The van der Waals surface area contributed by atoms with Crippen molar-refractivity contribution in [3.63, 3.8) is 0 Å². The minimum Gasteiger partial charge on any atom is -0.378 e. The number of amides is 2. The SMILES string of the molecule is CC[C@H](C)NC(=O)CCC(=O)Nc1ccc2nc(N3CCOCC3)cc(C)c2c1. The van der Waals surface area contributed by atoms with E-state index in [1.165, 1.54) is 0 Å². The Hall–Kier alpha value is -2.67. The average molecular weight is 399 g/mol. The lowest BCUT2D eigenvalue weighted by atomic mass is 10.1. The maximum atomic E-state index is 12.2. The summed E-state index contributed by atoms with van der Waals surface area (Å²) in [6.07, 6.45) is 1.22. The van der Waals surface area contributed by atoms with Crippen molar-refractivity contribution in [3.05, 3.63) is 29.8 Å². The first-order valence-corrected chi connectivity index (χ1v) is 10.3. The molecule has 0 unspecified atom stereocenters. The number of carbonyl (C=O) groups excluding carboxylic acids is 2. The Bertz CT molecular complexity index is 878. The molecule has 7 nitrogen and oxygen atoms in total. The molecule has 2 N–H and O–H groups in total. The van der Waals surface area contributed by atoms with Crippen LogP contribution < -0.4 is 15.5 Å². The fraction of sp³-hybridized carbons (Fsp3) is 0.500. The third kappa shape index (κ3) is 5.67. The van der Waals surface area contributed by atoms with Gasteiger partial charge in [0.1, 0.15) is 5.82 Å². The van der Waals surface area contributed by atoms with Crippen LogP contribution in [0.5, 0.6) is 0 Å². The van der Waals surface area contributed by atoms with E-state index in [-0.39, 0.29) is 30.7 Å². The smallest absolute Gasteiger partial charge is 0.224 e. The highest BCUT2D eigenvalue weighted by Gasteiger charge is 2.15. The molecular weight excluding hydrogens is 368 g/mol. The van der Waals surface area contributed by atoms with Crippen molar-refractivity contribution in [2.75, 3.05) is 36.5 Å². The molecule has 7 heteroatoms. The number of anilines is 2. The number of pyridine rings is 1. The Morgan fingerprint density at radius 2 is 1.90 bits per heavy atom. The number of rotatable bonds is 7. The van der Waals surface area contributed by atoms with Gasteiger partial charge in [-0.2, -0.15) is 0 Å². The van der Waals surface area contributed by atoms with Crippen LogP contribution in [-0.4, -0.2) is 49.1 Å². The van der Waals surface area contributed by atoms with Crippen LogP contribution in [0.2, 0.25) is 0 Å². The summed E-state index contributed by atoms with van der Waals surface area (Å²) < 4.78 is 5.42. The van der Waals surface area contributed by atoms with Crippen LogP contribution in [-0.2, 0) is 14.3 Å². The van der Waals surface area contributed by atoms with Crippen LogP contribution in [0, 0.1) is 6.92 Å². The lowest BCUT2D eigenvalue weighted by molar-refractivity contribution is -0.124. The third-order valence-electron chi connectivity index (χ3n) is 5.22. The number of ether oxygens (including phenoxy) is 1. The molecule has 0 bridgehead atoms. The molecule has 1 aromatic carbocycles. The van der Waals surface area contributed by atoms with Crippen molar-refractivity contribution in [2.24, 2.45) is 0 Å². The Morgan fingerprint density at radius 3 is 2.62 bits per heavy atom. The van der Waals surface area contributed by atoms with Crippen LogP contribution in [0.15, 0.2) is 24.3 Å². The van der Waals surface area contributed by atoms with Gasteiger partial charge < -0.3 is 20.3 Å². The van der Waals surface area contributed by atoms with E-state index in [0.717, 1.165) is 55.0 Å². The number of nitrogens with one attached hydrogen (secondary N) is 2. The van der Waals surface area contributed by atoms with Gasteiger partial charge in [0.05, 0.1) is 18.7 Å². The molecule has 1 aliphatic rings. The van der Waals surface area contributed by atoms with Crippen LogP contribution in [0.25, 0.3) is 10.9 Å². The molecule has 1 aliphatic heterocycles. The maximum absolute atomic E-state index is 12.2. The first-order chi connectivity index (χ1) is 14.0. The van der Waals surface area contributed by atoms with Crippen LogP contribution >= 0.6 is 0 Å². The summed E-state index contributed by atoms with van der Waals surface area (Å²) in [5.74, 6) is 0.699. The largest absolute Gasteiger partial charge is 0.378 e. The fourth-order valence-electron chi connectivity index (χ4n) is 3.31. The number of carbonyl (C=O) groups is 2. The molecule has 3 rings (SSSR count). The molecule has 0 aliphatic carbocycles. The monoisotopic (exact) mass is 398 g/mol. The highest BCUT2D eigenvalue weighted by molar-refractivity contribution is 5.96. The van der Waals surface area contributed by atoms with Gasteiger partial charge >= 0.3 is 0 Å². The Balaban J connectivity index is 1.64. The van der Waals surface area contributed by atoms with Gasteiger partial charge in [0, 0.05) is 43.0 Å². The second-order valence-electron chi connectivity index (χ2n) is 7.55. The van der Waals surface area contributed by atoms with Gasteiger partial charge in [-0.25, -0.2) is 4.98 Å². The molecule has 1 fully saturated rings. The summed E-state index contributed by atoms with van der Waals surface area (Å²) in [6, 6.07) is 7.94. The normalized spacial score (nSPS) is 15.2. The highest BCUT2D eigenvalue weighted by atomic mass is 16.5. The number of aryl methyl sites for hydroxylation is 1. The second kappa shape index (κ2) is 9.69. The Labute approximate surface area is 171 Å². The fourth-order valence-corrected chi connectivity index (χ4v) is 3.31. The van der Waals surface area contributed by atoms with Crippen molar-refractivity contribution < 1.29 is 14.3 Å². The average Bonchev–Trinajstić information content (AvgIpc) is 2.73. The highest BCUT2D eigenvalue weighted by Crippen LogP contribution is 2.26. The van der Waals surface area contributed by atoms with E-state index in [9.17, 15) is 9.59 Å². The van der Waals surface area contributed by atoms with Crippen molar-refractivity contribution >= 4 is 34.2 Å². The van der Waals surface area contributed by atoms with Gasteiger partial charge in [-0.05, 0) is 50.1 Å². The molecule has 2 aromatic rings. The van der Waals surface area contributed by atoms with Gasteiger partial charge in [-0.3, -0.25) is 9.59 Å². The van der Waals surface area contributed by atoms with E-state index < -0.39 is 0 Å². The van der Waals surface area contributed by atoms with E-state index >= 15 is 0 Å². The number of fused-ring (bicyclic) bond motifs is 1. The quantitative estimate of drug-likeness (QED) is 0.749. The predicted octanol–water partition coefficient (Wildman–Crippen LogP) is 3.01. The van der Waals surface area contributed by atoms with Gasteiger partial charge in [-0.1, -0.05) is 6.92 Å².